The van der Waals surface area contributed by atoms with Crippen molar-refractivity contribution >= 4 is 11.3 Å². The molecule has 0 radical (unpaired) electrons. The fourth-order valence-electron chi connectivity index (χ4n) is 2.34. The standard InChI is InChI=1S/C16H19N5S/c1-12(15-7-8-22-10-15)9-17-13(2)14-3-5-16(6-4-14)21-11-18-19-20-21/h3-8,10-13,17H,9H2,1-2H3. The number of benzene rings is 1. The number of aromatic nitrogens is 4. The zero-order chi connectivity index (χ0) is 15.4. The van der Waals surface area contributed by atoms with E-state index in [0.29, 0.717) is 12.0 Å². The molecule has 1 N–H and O–H groups in total. The van der Waals surface area contributed by atoms with Gasteiger partial charge in [-0.15, -0.1) is 5.10 Å². The SMILES string of the molecule is CC(CNC(C)c1ccc(-n2cnnn2)cc1)c1ccsc1. The van der Waals surface area contributed by atoms with E-state index in [1.807, 2.05) is 12.1 Å². The molecule has 0 spiro atoms. The Morgan fingerprint density at radius 3 is 2.59 bits per heavy atom. The van der Waals surface area contributed by atoms with Crippen LogP contribution in [0.25, 0.3) is 5.69 Å². The monoisotopic (exact) mass is 313 g/mol. The molecule has 0 saturated heterocycles. The molecule has 3 rings (SSSR count). The molecular weight excluding hydrogens is 294 g/mol. The summed E-state index contributed by atoms with van der Waals surface area (Å²) in [7, 11) is 0. The second kappa shape index (κ2) is 6.81. The number of hydrogen-bond acceptors (Lipinski definition) is 5. The van der Waals surface area contributed by atoms with Gasteiger partial charge in [0, 0.05) is 12.6 Å². The van der Waals surface area contributed by atoms with E-state index in [4.69, 9.17) is 0 Å². The highest BCUT2D eigenvalue weighted by Gasteiger charge is 2.10. The maximum Gasteiger partial charge on any atom is 0.143 e. The predicted octanol–water partition coefficient (Wildman–Crippen LogP) is 3.18. The number of hydrogen-bond donors (Lipinski definition) is 1. The predicted molar refractivity (Wildman–Crippen MR) is 88.3 cm³/mol. The average Bonchev–Trinajstić information content (AvgIpc) is 3.25. The number of tetrazole rings is 1. The van der Waals surface area contributed by atoms with Gasteiger partial charge >= 0.3 is 0 Å². The number of thiophene rings is 1. The molecule has 114 valence electrons. The first-order valence-corrected chi connectivity index (χ1v) is 8.27. The highest BCUT2D eigenvalue weighted by molar-refractivity contribution is 7.07. The van der Waals surface area contributed by atoms with Gasteiger partial charge in [0.1, 0.15) is 6.33 Å². The van der Waals surface area contributed by atoms with Crippen LogP contribution in [0.15, 0.2) is 47.4 Å². The fraction of sp³-hybridized carbons (Fsp3) is 0.312. The molecule has 0 amide bonds. The Hall–Kier alpha value is -2.05. The van der Waals surface area contributed by atoms with Crippen LogP contribution in [0.5, 0.6) is 0 Å². The van der Waals surface area contributed by atoms with Gasteiger partial charge in [-0.25, -0.2) is 4.68 Å². The molecule has 0 aliphatic carbocycles. The summed E-state index contributed by atoms with van der Waals surface area (Å²) in [5.41, 5.74) is 3.63. The van der Waals surface area contributed by atoms with E-state index in [0.717, 1.165) is 12.2 Å². The number of nitrogens with zero attached hydrogens (tertiary/aromatic N) is 4. The minimum Gasteiger partial charge on any atom is -0.310 e. The molecule has 0 bridgehead atoms. The Morgan fingerprint density at radius 2 is 1.95 bits per heavy atom. The third kappa shape index (κ3) is 3.40. The van der Waals surface area contributed by atoms with Crippen molar-refractivity contribution in [2.75, 3.05) is 6.54 Å². The molecule has 0 aliphatic heterocycles. The highest BCUT2D eigenvalue weighted by atomic mass is 32.1. The topological polar surface area (TPSA) is 55.6 Å². The van der Waals surface area contributed by atoms with Crippen LogP contribution >= 0.6 is 11.3 Å². The minimum atomic E-state index is 0.309. The summed E-state index contributed by atoms with van der Waals surface area (Å²) in [6, 6.07) is 10.8. The summed E-state index contributed by atoms with van der Waals surface area (Å²) < 4.78 is 1.65. The van der Waals surface area contributed by atoms with Crippen molar-refractivity contribution in [1.29, 1.82) is 0 Å². The van der Waals surface area contributed by atoms with Crippen LogP contribution in [-0.2, 0) is 0 Å². The summed E-state index contributed by atoms with van der Waals surface area (Å²) in [6.45, 7) is 5.40. The van der Waals surface area contributed by atoms with E-state index in [9.17, 15) is 0 Å². The van der Waals surface area contributed by atoms with Crippen LogP contribution in [0.2, 0.25) is 0 Å². The first kappa shape index (κ1) is 14.9. The van der Waals surface area contributed by atoms with Crippen molar-refractivity contribution in [3.8, 4) is 5.69 Å². The summed E-state index contributed by atoms with van der Waals surface area (Å²) in [4.78, 5) is 0. The lowest BCUT2D eigenvalue weighted by molar-refractivity contribution is 0.537. The van der Waals surface area contributed by atoms with Crippen molar-refractivity contribution in [1.82, 2.24) is 25.5 Å². The van der Waals surface area contributed by atoms with Gasteiger partial charge in [-0.3, -0.25) is 0 Å². The van der Waals surface area contributed by atoms with Gasteiger partial charge in [0.25, 0.3) is 0 Å². The van der Waals surface area contributed by atoms with Crippen molar-refractivity contribution in [2.45, 2.75) is 25.8 Å². The number of nitrogens with one attached hydrogen (secondary N) is 1. The van der Waals surface area contributed by atoms with Gasteiger partial charge in [0.2, 0.25) is 0 Å². The van der Waals surface area contributed by atoms with Crippen molar-refractivity contribution < 1.29 is 0 Å². The zero-order valence-electron chi connectivity index (χ0n) is 12.7. The lowest BCUT2D eigenvalue weighted by Gasteiger charge is -2.18. The molecule has 1 aromatic carbocycles. The Bertz CT molecular complexity index is 676. The third-order valence-corrected chi connectivity index (χ3v) is 4.55. The Balaban J connectivity index is 1.59. The van der Waals surface area contributed by atoms with E-state index >= 15 is 0 Å². The van der Waals surface area contributed by atoms with Gasteiger partial charge in [-0.1, -0.05) is 19.1 Å². The van der Waals surface area contributed by atoms with E-state index in [2.05, 4.69) is 63.6 Å². The van der Waals surface area contributed by atoms with Crippen LogP contribution in [0.4, 0.5) is 0 Å². The maximum absolute atomic E-state index is 3.89. The molecule has 5 nitrogen and oxygen atoms in total. The van der Waals surface area contributed by atoms with E-state index in [1.54, 1.807) is 22.3 Å². The van der Waals surface area contributed by atoms with Gasteiger partial charge in [-0.05, 0) is 63.4 Å². The summed E-state index contributed by atoms with van der Waals surface area (Å²) >= 11 is 1.75. The van der Waals surface area contributed by atoms with Crippen LogP contribution in [0, 0.1) is 0 Å². The van der Waals surface area contributed by atoms with Crippen LogP contribution in [0.1, 0.15) is 36.9 Å². The van der Waals surface area contributed by atoms with Crippen LogP contribution in [-0.4, -0.2) is 26.8 Å². The van der Waals surface area contributed by atoms with Gasteiger partial charge in [-0.2, -0.15) is 11.3 Å². The zero-order valence-corrected chi connectivity index (χ0v) is 13.5. The molecule has 6 heteroatoms. The van der Waals surface area contributed by atoms with E-state index in [-0.39, 0.29) is 0 Å². The molecule has 2 heterocycles. The normalized spacial score (nSPS) is 13.9. The lowest BCUT2D eigenvalue weighted by Crippen LogP contribution is -2.23. The quantitative estimate of drug-likeness (QED) is 0.759. The second-order valence-electron chi connectivity index (χ2n) is 5.43. The first-order valence-electron chi connectivity index (χ1n) is 7.33. The molecule has 0 saturated carbocycles. The van der Waals surface area contributed by atoms with E-state index in [1.165, 1.54) is 11.1 Å². The summed E-state index contributed by atoms with van der Waals surface area (Å²) in [5, 5.41) is 19.1. The highest BCUT2D eigenvalue weighted by Crippen LogP contribution is 2.20. The second-order valence-corrected chi connectivity index (χ2v) is 6.21. The smallest absolute Gasteiger partial charge is 0.143 e. The summed E-state index contributed by atoms with van der Waals surface area (Å²) in [6.07, 6.45) is 1.60. The van der Waals surface area contributed by atoms with Gasteiger partial charge in [0.15, 0.2) is 0 Å². The molecule has 0 fully saturated rings. The van der Waals surface area contributed by atoms with E-state index < -0.39 is 0 Å². The molecule has 2 aromatic heterocycles. The fourth-order valence-corrected chi connectivity index (χ4v) is 3.12. The maximum atomic E-state index is 3.89. The summed E-state index contributed by atoms with van der Waals surface area (Å²) in [5.74, 6) is 0.522. The third-order valence-electron chi connectivity index (χ3n) is 3.85. The van der Waals surface area contributed by atoms with Crippen molar-refractivity contribution in [2.24, 2.45) is 0 Å². The molecule has 22 heavy (non-hydrogen) atoms. The van der Waals surface area contributed by atoms with Gasteiger partial charge in [0.05, 0.1) is 5.69 Å². The largest absolute Gasteiger partial charge is 0.310 e. The van der Waals surface area contributed by atoms with Crippen molar-refractivity contribution in [3.05, 3.63) is 58.5 Å². The van der Waals surface area contributed by atoms with Crippen molar-refractivity contribution in [3.63, 3.8) is 0 Å². The lowest BCUT2D eigenvalue weighted by atomic mass is 10.0. The molecule has 3 aromatic rings. The Morgan fingerprint density at radius 1 is 1.14 bits per heavy atom. The Labute approximate surface area is 134 Å². The molecule has 0 aliphatic rings. The van der Waals surface area contributed by atoms with Gasteiger partial charge < -0.3 is 5.32 Å². The Kier molecular flexibility index (Phi) is 4.60. The minimum absolute atomic E-state index is 0.309. The average molecular weight is 313 g/mol. The molecule has 2 atom stereocenters. The molecular formula is C16H19N5S. The first-order chi connectivity index (χ1) is 10.7. The molecule has 2 unspecified atom stereocenters. The van der Waals surface area contributed by atoms with Crippen LogP contribution in [0.3, 0.4) is 0 Å². The number of rotatable bonds is 6. The van der Waals surface area contributed by atoms with Crippen LogP contribution < -0.4 is 5.32 Å².